The summed E-state index contributed by atoms with van der Waals surface area (Å²) < 4.78 is 16.0. The van der Waals surface area contributed by atoms with Gasteiger partial charge in [-0.15, -0.1) is 0 Å². The molecule has 2 aromatic carbocycles. The Morgan fingerprint density at radius 3 is 2.77 bits per heavy atom. The van der Waals surface area contributed by atoms with Gasteiger partial charge in [-0.25, -0.2) is 0 Å². The molecule has 3 rings (SSSR count). The van der Waals surface area contributed by atoms with Crippen LogP contribution in [0.25, 0.3) is 0 Å². The van der Waals surface area contributed by atoms with Crippen molar-refractivity contribution >= 4 is 6.29 Å². The molecule has 0 aliphatic carbocycles. The minimum Gasteiger partial charge on any atom is -0.497 e. The van der Waals surface area contributed by atoms with Crippen LogP contribution >= 0.6 is 0 Å². The molecule has 0 amide bonds. The van der Waals surface area contributed by atoms with Gasteiger partial charge in [0.05, 0.1) is 12.5 Å². The Morgan fingerprint density at radius 1 is 1.18 bits per heavy atom. The minimum atomic E-state index is -0.632. The lowest BCUT2D eigenvalue weighted by Crippen LogP contribution is -2.26. The van der Waals surface area contributed by atoms with Crippen LogP contribution in [0, 0.1) is 0 Å². The van der Waals surface area contributed by atoms with Gasteiger partial charge < -0.3 is 19.0 Å². The van der Waals surface area contributed by atoms with E-state index in [4.69, 9.17) is 14.2 Å². The third-order valence-electron chi connectivity index (χ3n) is 4.00. The first kappa shape index (κ1) is 14.4. The Kier molecular flexibility index (Phi) is 3.75. The molecule has 0 fully saturated rings. The summed E-state index contributed by atoms with van der Waals surface area (Å²) >= 11 is 0. The SMILES string of the molecule is COc1cccc(CC(C)(C=O)c2ccc3c(c2)OCO3)c1. The summed E-state index contributed by atoms with van der Waals surface area (Å²) in [6.07, 6.45) is 1.58. The number of carbonyl (C=O) groups is 1. The number of fused-ring (bicyclic) bond motifs is 1. The third kappa shape index (κ3) is 2.64. The lowest BCUT2D eigenvalue weighted by atomic mass is 9.78. The van der Waals surface area contributed by atoms with Gasteiger partial charge in [0.25, 0.3) is 0 Å². The van der Waals surface area contributed by atoms with Gasteiger partial charge in [-0.1, -0.05) is 18.2 Å². The van der Waals surface area contributed by atoms with Gasteiger partial charge in [0.2, 0.25) is 6.79 Å². The standard InChI is InChI=1S/C18H18O4/c1-18(11-19,10-13-4-3-5-15(8-13)20-2)14-6-7-16-17(9-14)22-12-21-16/h3-9,11H,10,12H2,1-2H3. The summed E-state index contributed by atoms with van der Waals surface area (Å²) in [5.74, 6) is 2.20. The Labute approximate surface area is 129 Å². The van der Waals surface area contributed by atoms with Crippen LogP contribution in [0.1, 0.15) is 18.1 Å². The van der Waals surface area contributed by atoms with Crippen molar-refractivity contribution < 1.29 is 19.0 Å². The van der Waals surface area contributed by atoms with Crippen molar-refractivity contribution in [2.24, 2.45) is 0 Å². The molecule has 0 saturated carbocycles. The summed E-state index contributed by atoms with van der Waals surface area (Å²) in [6, 6.07) is 13.4. The molecule has 0 bridgehead atoms. The molecule has 1 aliphatic heterocycles. The molecule has 2 aromatic rings. The summed E-state index contributed by atoms with van der Waals surface area (Å²) in [4.78, 5) is 11.8. The van der Waals surface area contributed by atoms with Crippen molar-refractivity contribution in [3.8, 4) is 17.2 Å². The van der Waals surface area contributed by atoms with E-state index in [2.05, 4.69) is 0 Å². The number of methoxy groups -OCH3 is 1. The fourth-order valence-electron chi connectivity index (χ4n) is 2.67. The maximum absolute atomic E-state index is 11.8. The number of benzene rings is 2. The summed E-state index contributed by atoms with van der Waals surface area (Å²) in [5, 5.41) is 0. The Hall–Kier alpha value is -2.49. The van der Waals surface area contributed by atoms with Crippen molar-refractivity contribution in [3.05, 3.63) is 53.6 Å². The van der Waals surface area contributed by atoms with Crippen LogP contribution < -0.4 is 14.2 Å². The first-order chi connectivity index (χ1) is 10.6. The average molecular weight is 298 g/mol. The van der Waals surface area contributed by atoms with E-state index in [1.54, 1.807) is 7.11 Å². The second-order valence-corrected chi connectivity index (χ2v) is 5.63. The largest absolute Gasteiger partial charge is 0.497 e. The smallest absolute Gasteiger partial charge is 0.231 e. The Morgan fingerprint density at radius 2 is 2.00 bits per heavy atom. The molecule has 0 aromatic heterocycles. The van der Waals surface area contributed by atoms with E-state index in [1.165, 1.54) is 0 Å². The maximum Gasteiger partial charge on any atom is 0.231 e. The fraction of sp³-hybridized carbons (Fsp3) is 0.278. The molecular formula is C18H18O4. The van der Waals surface area contributed by atoms with Crippen LogP contribution in [-0.2, 0) is 16.6 Å². The van der Waals surface area contributed by atoms with Gasteiger partial charge in [0, 0.05) is 0 Å². The molecule has 4 heteroatoms. The van der Waals surface area contributed by atoms with Crippen molar-refractivity contribution in [1.29, 1.82) is 0 Å². The van der Waals surface area contributed by atoms with E-state index >= 15 is 0 Å². The highest BCUT2D eigenvalue weighted by Crippen LogP contribution is 2.37. The quantitative estimate of drug-likeness (QED) is 0.796. The first-order valence-corrected chi connectivity index (χ1v) is 7.14. The van der Waals surface area contributed by atoms with E-state index in [-0.39, 0.29) is 6.79 Å². The Bertz CT molecular complexity index is 695. The van der Waals surface area contributed by atoms with E-state index in [0.717, 1.165) is 28.9 Å². The van der Waals surface area contributed by atoms with Crippen molar-refractivity contribution in [3.63, 3.8) is 0 Å². The first-order valence-electron chi connectivity index (χ1n) is 7.14. The molecule has 0 N–H and O–H groups in total. The van der Waals surface area contributed by atoms with E-state index in [9.17, 15) is 4.79 Å². The van der Waals surface area contributed by atoms with Gasteiger partial charge in [0.15, 0.2) is 11.5 Å². The van der Waals surface area contributed by atoms with Crippen molar-refractivity contribution in [1.82, 2.24) is 0 Å². The van der Waals surface area contributed by atoms with Crippen molar-refractivity contribution in [2.45, 2.75) is 18.8 Å². The zero-order valence-electron chi connectivity index (χ0n) is 12.7. The van der Waals surface area contributed by atoms with Crippen LogP contribution in [-0.4, -0.2) is 20.2 Å². The van der Waals surface area contributed by atoms with Crippen LogP contribution in [0.4, 0.5) is 0 Å². The molecule has 4 nitrogen and oxygen atoms in total. The van der Waals surface area contributed by atoms with Crippen LogP contribution in [0.15, 0.2) is 42.5 Å². The summed E-state index contributed by atoms with van der Waals surface area (Å²) in [6.45, 7) is 2.16. The highest BCUT2D eigenvalue weighted by atomic mass is 16.7. The van der Waals surface area contributed by atoms with E-state index < -0.39 is 5.41 Å². The van der Waals surface area contributed by atoms with Gasteiger partial charge in [-0.05, 0) is 48.7 Å². The normalized spacial score (nSPS) is 15.2. The monoisotopic (exact) mass is 298 g/mol. The molecule has 0 saturated heterocycles. The molecular weight excluding hydrogens is 280 g/mol. The second kappa shape index (κ2) is 5.72. The number of hydrogen-bond acceptors (Lipinski definition) is 4. The van der Waals surface area contributed by atoms with Gasteiger partial charge >= 0.3 is 0 Å². The zero-order valence-corrected chi connectivity index (χ0v) is 12.7. The molecule has 22 heavy (non-hydrogen) atoms. The van der Waals surface area contributed by atoms with Gasteiger partial charge in [-0.3, -0.25) is 0 Å². The third-order valence-corrected chi connectivity index (χ3v) is 4.00. The topological polar surface area (TPSA) is 44.8 Å². The lowest BCUT2D eigenvalue weighted by molar-refractivity contribution is -0.112. The highest BCUT2D eigenvalue weighted by molar-refractivity contribution is 5.70. The molecule has 1 unspecified atom stereocenters. The van der Waals surface area contributed by atoms with Gasteiger partial charge in [0.1, 0.15) is 12.0 Å². The number of aldehydes is 1. The number of carbonyl (C=O) groups excluding carboxylic acids is 1. The average Bonchev–Trinajstić information content (AvgIpc) is 3.02. The molecule has 0 spiro atoms. The minimum absolute atomic E-state index is 0.229. The van der Waals surface area contributed by atoms with Crippen LogP contribution in [0.5, 0.6) is 17.2 Å². The lowest BCUT2D eigenvalue weighted by Gasteiger charge is -2.24. The molecule has 1 heterocycles. The predicted molar refractivity (Wildman–Crippen MR) is 82.7 cm³/mol. The van der Waals surface area contributed by atoms with Crippen LogP contribution in [0.2, 0.25) is 0 Å². The highest BCUT2D eigenvalue weighted by Gasteiger charge is 2.29. The predicted octanol–water partition coefficient (Wildman–Crippen LogP) is 3.12. The summed E-state index contributed by atoms with van der Waals surface area (Å²) in [5.41, 5.74) is 1.33. The molecule has 114 valence electrons. The number of ether oxygens (including phenoxy) is 3. The van der Waals surface area contributed by atoms with Crippen molar-refractivity contribution in [2.75, 3.05) is 13.9 Å². The Balaban J connectivity index is 1.92. The van der Waals surface area contributed by atoms with E-state index in [0.29, 0.717) is 12.2 Å². The van der Waals surface area contributed by atoms with Gasteiger partial charge in [-0.2, -0.15) is 0 Å². The molecule has 1 aliphatic rings. The molecule has 1 atom stereocenters. The fourth-order valence-corrected chi connectivity index (χ4v) is 2.67. The molecule has 0 radical (unpaired) electrons. The summed E-state index contributed by atoms with van der Waals surface area (Å²) in [7, 11) is 1.63. The second-order valence-electron chi connectivity index (χ2n) is 5.63. The zero-order chi connectivity index (χ0) is 15.6. The van der Waals surface area contributed by atoms with E-state index in [1.807, 2.05) is 49.4 Å². The van der Waals surface area contributed by atoms with Crippen LogP contribution in [0.3, 0.4) is 0 Å². The maximum atomic E-state index is 11.8. The number of rotatable bonds is 5. The number of hydrogen-bond donors (Lipinski definition) is 0.